The van der Waals surface area contributed by atoms with Gasteiger partial charge in [0.2, 0.25) is 5.60 Å². The van der Waals surface area contributed by atoms with Gasteiger partial charge in [0.25, 0.3) is 0 Å². The number of anilines is 1. The van der Waals surface area contributed by atoms with Gasteiger partial charge in [-0.05, 0) is 36.3 Å². The highest BCUT2D eigenvalue weighted by atomic mass is 16.6. The molecule has 5 atom stereocenters. The Balaban J connectivity index is 1.56. The number of aliphatic hydroxyl groups excluding tert-OH is 1. The van der Waals surface area contributed by atoms with E-state index in [0.717, 1.165) is 25.7 Å². The molecule has 1 aliphatic carbocycles. The molecule has 2 aliphatic rings. The lowest BCUT2D eigenvalue weighted by Crippen LogP contribution is -2.48. The van der Waals surface area contributed by atoms with Crippen LogP contribution in [-0.2, 0) is 29.4 Å². The van der Waals surface area contributed by atoms with E-state index >= 15 is 0 Å². The summed E-state index contributed by atoms with van der Waals surface area (Å²) in [4.78, 5) is 29.4. The lowest BCUT2D eigenvalue weighted by atomic mass is 9.87. The second-order valence-electron chi connectivity index (χ2n) is 11.6. The van der Waals surface area contributed by atoms with Gasteiger partial charge in [-0.2, -0.15) is 10.4 Å². The molecule has 1 saturated carbocycles. The minimum atomic E-state index is -1.96. The highest BCUT2D eigenvalue weighted by Crippen LogP contribution is 2.43. The van der Waals surface area contributed by atoms with Crippen molar-refractivity contribution in [1.82, 2.24) is 14.6 Å². The fourth-order valence-corrected chi connectivity index (χ4v) is 5.31. The molecule has 1 saturated heterocycles. The summed E-state index contributed by atoms with van der Waals surface area (Å²) in [5, 5.41) is 26.0. The van der Waals surface area contributed by atoms with Crippen molar-refractivity contribution in [3.63, 3.8) is 0 Å². The smallest absolute Gasteiger partial charge is 0.323 e. The predicted octanol–water partition coefficient (Wildman–Crippen LogP) is 1.98. The Morgan fingerprint density at radius 2 is 2.03 bits per heavy atom. The monoisotopic (exact) mass is 542 g/mol. The van der Waals surface area contributed by atoms with Crippen molar-refractivity contribution in [2.24, 2.45) is 17.1 Å². The number of esters is 2. The summed E-state index contributed by atoms with van der Waals surface area (Å²) in [5.41, 5.74) is 10.1. The number of nitrogens with two attached hydrogens (primary N) is 2. The van der Waals surface area contributed by atoms with Crippen molar-refractivity contribution < 1.29 is 28.9 Å². The van der Waals surface area contributed by atoms with Crippen LogP contribution < -0.4 is 11.5 Å². The number of aromatic nitrogens is 3. The van der Waals surface area contributed by atoms with Crippen LogP contribution in [0, 0.1) is 22.7 Å². The molecule has 12 nitrogen and oxygen atoms in total. The summed E-state index contributed by atoms with van der Waals surface area (Å²) in [5.74, 6) is -0.543. The normalized spacial score (nSPS) is 26.7. The molecule has 0 amide bonds. The van der Waals surface area contributed by atoms with Gasteiger partial charge in [-0.15, -0.1) is 0 Å². The summed E-state index contributed by atoms with van der Waals surface area (Å²) in [6.07, 6.45) is 3.31. The average molecular weight is 543 g/mol. The van der Waals surface area contributed by atoms with E-state index in [9.17, 15) is 20.0 Å². The van der Waals surface area contributed by atoms with Crippen LogP contribution in [0.4, 0.5) is 5.82 Å². The van der Waals surface area contributed by atoms with E-state index < -0.39 is 41.3 Å². The molecule has 0 unspecified atom stereocenters. The predicted molar refractivity (Wildman–Crippen MR) is 140 cm³/mol. The number of rotatable bonds is 8. The van der Waals surface area contributed by atoms with Crippen LogP contribution in [0.1, 0.15) is 71.4 Å². The molecule has 3 heterocycles. The van der Waals surface area contributed by atoms with E-state index in [-0.39, 0.29) is 30.5 Å². The SMILES string of the molecule is CC(C)(C)[C@H](N)C(=O)O[C@H]1[C@@H](O)[C@](C#N)(c2ccc3c(N)ncnn23)O[C@@H]1CCOC(=O)CC1CCCCC1. The zero-order chi connectivity index (χ0) is 28.4. The Morgan fingerprint density at radius 1 is 1.31 bits per heavy atom. The number of fused-ring (bicyclic) bond motifs is 1. The summed E-state index contributed by atoms with van der Waals surface area (Å²) >= 11 is 0. The van der Waals surface area contributed by atoms with Gasteiger partial charge in [-0.3, -0.25) is 9.59 Å². The number of nitriles is 1. The van der Waals surface area contributed by atoms with Gasteiger partial charge in [-0.25, -0.2) is 9.50 Å². The number of aliphatic hydroxyl groups is 1. The van der Waals surface area contributed by atoms with E-state index in [0.29, 0.717) is 17.9 Å². The van der Waals surface area contributed by atoms with Crippen molar-refractivity contribution in [3.05, 3.63) is 24.2 Å². The third-order valence-corrected chi connectivity index (χ3v) is 7.74. The molecule has 2 fully saturated rings. The van der Waals surface area contributed by atoms with Crippen molar-refractivity contribution in [3.8, 4) is 6.07 Å². The standard InChI is InChI=1S/C27H38N6O6/c1-26(2,3)22(29)25(36)38-21-18(11-12-37-20(34)13-16-7-5-4-6-8-16)39-27(14-28,23(21)35)19-10-9-17-24(30)31-15-32-33(17)19/h9-10,15-16,18,21-23,35H,4-8,11-13,29H2,1-3H3,(H2,30,31,32)/t18-,21-,22-,23-,27+/m1/s1. The molecule has 0 aromatic carbocycles. The first-order valence-corrected chi connectivity index (χ1v) is 13.5. The molecular weight excluding hydrogens is 504 g/mol. The fourth-order valence-electron chi connectivity index (χ4n) is 5.31. The van der Waals surface area contributed by atoms with Crippen molar-refractivity contribution in [1.29, 1.82) is 5.26 Å². The maximum absolute atomic E-state index is 13.0. The second-order valence-corrected chi connectivity index (χ2v) is 11.6. The van der Waals surface area contributed by atoms with E-state index in [1.807, 2.05) is 0 Å². The first kappa shape index (κ1) is 28.7. The minimum absolute atomic E-state index is 0.0339. The van der Waals surface area contributed by atoms with Crippen LogP contribution in [0.3, 0.4) is 0 Å². The van der Waals surface area contributed by atoms with E-state index in [2.05, 4.69) is 16.2 Å². The molecule has 2 aromatic heterocycles. The first-order valence-electron chi connectivity index (χ1n) is 13.5. The molecule has 2 aromatic rings. The van der Waals surface area contributed by atoms with E-state index in [4.69, 9.17) is 25.7 Å². The quantitative estimate of drug-likeness (QED) is 0.414. The topological polar surface area (TPSA) is 188 Å². The lowest BCUT2D eigenvalue weighted by molar-refractivity contribution is -0.161. The molecule has 0 spiro atoms. The van der Waals surface area contributed by atoms with Gasteiger partial charge >= 0.3 is 11.9 Å². The molecule has 39 heavy (non-hydrogen) atoms. The molecule has 0 bridgehead atoms. The van der Waals surface area contributed by atoms with Crippen LogP contribution in [0.15, 0.2) is 18.5 Å². The van der Waals surface area contributed by atoms with E-state index in [1.54, 1.807) is 32.9 Å². The van der Waals surface area contributed by atoms with Crippen LogP contribution in [0.5, 0.6) is 0 Å². The van der Waals surface area contributed by atoms with Gasteiger partial charge in [0.1, 0.15) is 36.2 Å². The van der Waals surface area contributed by atoms with Gasteiger partial charge in [-0.1, -0.05) is 40.0 Å². The minimum Gasteiger partial charge on any atom is -0.466 e. The summed E-state index contributed by atoms with van der Waals surface area (Å²) in [7, 11) is 0. The molecular formula is C27H38N6O6. The van der Waals surface area contributed by atoms with Crippen molar-refractivity contribution in [2.75, 3.05) is 12.3 Å². The number of nitrogens with zero attached hydrogens (tertiary/aromatic N) is 4. The Bertz CT molecular complexity index is 1230. The van der Waals surface area contributed by atoms with Crippen molar-refractivity contribution >= 4 is 23.3 Å². The number of carbonyl (C=O) groups is 2. The second kappa shape index (κ2) is 11.5. The molecule has 5 N–H and O–H groups in total. The number of hydrogen-bond donors (Lipinski definition) is 3. The molecule has 0 radical (unpaired) electrons. The average Bonchev–Trinajstić information content (AvgIpc) is 3.45. The van der Waals surface area contributed by atoms with Gasteiger partial charge in [0.15, 0.2) is 11.9 Å². The maximum Gasteiger partial charge on any atom is 0.323 e. The van der Waals surface area contributed by atoms with Crippen LogP contribution in [0.2, 0.25) is 0 Å². The lowest BCUT2D eigenvalue weighted by Gasteiger charge is -2.29. The summed E-state index contributed by atoms with van der Waals surface area (Å²) in [6.45, 7) is 5.34. The number of nitrogen functional groups attached to an aromatic ring is 1. The zero-order valence-corrected chi connectivity index (χ0v) is 22.7. The third-order valence-electron chi connectivity index (χ3n) is 7.74. The van der Waals surface area contributed by atoms with Crippen molar-refractivity contribution in [2.45, 2.75) is 95.7 Å². The van der Waals surface area contributed by atoms with Gasteiger partial charge in [0.05, 0.1) is 12.3 Å². The van der Waals surface area contributed by atoms with Crippen LogP contribution in [-0.4, -0.2) is 62.6 Å². The highest BCUT2D eigenvalue weighted by Gasteiger charge is 2.59. The first-order chi connectivity index (χ1) is 18.5. The Kier molecular flexibility index (Phi) is 8.44. The van der Waals surface area contributed by atoms with Gasteiger partial charge in [0, 0.05) is 12.8 Å². The maximum atomic E-state index is 13.0. The highest BCUT2D eigenvalue weighted by molar-refractivity contribution is 5.76. The Hall–Kier alpha value is -3.27. The number of carbonyl (C=O) groups excluding carboxylic acids is 2. The number of hydrogen-bond acceptors (Lipinski definition) is 11. The molecule has 212 valence electrons. The Morgan fingerprint density at radius 3 is 2.69 bits per heavy atom. The fraction of sp³-hybridized carbons (Fsp3) is 0.667. The number of ether oxygens (including phenoxy) is 3. The Labute approximate surface area is 227 Å². The zero-order valence-electron chi connectivity index (χ0n) is 22.7. The van der Waals surface area contributed by atoms with Crippen LogP contribution >= 0.6 is 0 Å². The summed E-state index contributed by atoms with van der Waals surface area (Å²) < 4.78 is 18.7. The molecule has 1 aliphatic heterocycles. The van der Waals surface area contributed by atoms with Crippen LogP contribution in [0.25, 0.3) is 5.52 Å². The molecule has 4 rings (SSSR count). The largest absolute Gasteiger partial charge is 0.466 e. The third kappa shape index (κ3) is 5.85. The summed E-state index contributed by atoms with van der Waals surface area (Å²) in [6, 6.07) is 4.24. The van der Waals surface area contributed by atoms with E-state index in [1.165, 1.54) is 17.3 Å². The van der Waals surface area contributed by atoms with Gasteiger partial charge < -0.3 is 30.8 Å². The molecule has 12 heteroatoms.